The molecule has 17 heavy (non-hydrogen) atoms. The Balaban J connectivity index is 2.25. The van der Waals surface area contributed by atoms with Crippen LogP contribution in [0.5, 0.6) is 0 Å². The lowest BCUT2D eigenvalue weighted by Crippen LogP contribution is -2.28. The maximum absolute atomic E-state index is 6.25. The van der Waals surface area contributed by atoms with E-state index in [1.807, 2.05) is 11.7 Å². The van der Waals surface area contributed by atoms with Crippen LogP contribution in [-0.2, 0) is 11.3 Å². The van der Waals surface area contributed by atoms with Crippen molar-refractivity contribution in [2.75, 3.05) is 13.7 Å². The van der Waals surface area contributed by atoms with Gasteiger partial charge in [0, 0.05) is 12.5 Å². The van der Waals surface area contributed by atoms with Crippen LogP contribution in [0.25, 0.3) is 0 Å². The van der Waals surface area contributed by atoms with Gasteiger partial charge in [-0.15, -0.1) is 0 Å². The van der Waals surface area contributed by atoms with Gasteiger partial charge in [0.15, 0.2) is 0 Å². The van der Waals surface area contributed by atoms with Crippen molar-refractivity contribution in [2.45, 2.75) is 39.0 Å². The summed E-state index contributed by atoms with van der Waals surface area (Å²) < 4.78 is 7.61. The van der Waals surface area contributed by atoms with Crippen molar-refractivity contribution in [3.63, 3.8) is 0 Å². The number of halogens is 1. The second kappa shape index (κ2) is 5.38. The molecule has 5 heteroatoms. The number of nitrogens with zero attached hydrogens (tertiary/aromatic N) is 2. The minimum atomic E-state index is 0.217. The average molecular weight is 258 g/mol. The highest BCUT2D eigenvalue weighted by Crippen LogP contribution is 2.34. The molecule has 0 spiro atoms. The standard InChI is InChI=1S/C12H20ClN3O/c1-4-16-12(10(13)6-15-16)11(14-3)9-5-8(2)17-7-9/h6,8-9,11,14H,4-5,7H2,1-3H3. The molecule has 4 nitrogen and oxygen atoms in total. The second-order valence-electron chi connectivity index (χ2n) is 4.60. The maximum atomic E-state index is 6.25. The van der Waals surface area contributed by atoms with Crippen molar-refractivity contribution in [1.82, 2.24) is 15.1 Å². The van der Waals surface area contributed by atoms with Crippen molar-refractivity contribution in [3.05, 3.63) is 16.9 Å². The zero-order valence-corrected chi connectivity index (χ0v) is 11.4. The maximum Gasteiger partial charge on any atom is 0.0834 e. The molecule has 2 heterocycles. The SMILES string of the molecule is CCn1ncc(Cl)c1C(NC)C1COC(C)C1. The summed E-state index contributed by atoms with van der Waals surface area (Å²) in [5.41, 5.74) is 1.08. The van der Waals surface area contributed by atoms with E-state index in [0.717, 1.165) is 30.3 Å². The first kappa shape index (κ1) is 12.9. The van der Waals surface area contributed by atoms with Gasteiger partial charge < -0.3 is 10.1 Å². The van der Waals surface area contributed by atoms with Crippen molar-refractivity contribution in [1.29, 1.82) is 0 Å². The predicted octanol–water partition coefficient (Wildman–Crippen LogP) is 2.24. The quantitative estimate of drug-likeness (QED) is 0.899. The van der Waals surface area contributed by atoms with Crippen LogP contribution in [0.3, 0.4) is 0 Å². The molecule has 0 amide bonds. The molecular formula is C12H20ClN3O. The summed E-state index contributed by atoms with van der Waals surface area (Å²) in [7, 11) is 1.97. The summed E-state index contributed by atoms with van der Waals surface area (Å²) in [6, 6.07) is 0.217. The number of aromatic nitrogens is 2. The first-order chi connectivity index (χ1) is 8.17. The van der Waals surface area contributed by atoms with E-state index in [1.54, 1.807) is 6.20 Å². The minimum absolute atomic E-state index is 0.217. The van der Waals surface area contributed by atoms with Crippen molar-refractivity contribution < 1.29 is 4.74 Å². The lowest BCUT2D eigenvalue weighted by molar-refractivity contribution is 0.117. The Morgan fingerprint density at radius 2 is 2.47 bits per heavy atom. The summed E-state index contributed by atoms with van der Waals surface area (Å²) >= 11 is 6.25. The molecule has 0 aliphatic carbocycles. The molecule has 3 atom stereocenters. The van der Waals surface area contributed by atoms with Crippen molar-refractivity contribution >= 4 is 11.6 Å². The molecule has 0 aromatic carbocycles. The third-order valence-corrected chi connectivity index (χ3v) is 3.73. The largest absolute Gasteiger partial charge is 0.378 e. The van der Waals surface area contributed by atoms with E-state index in [1.165, 1.54) is 0 Å². The first-order valence-corrected chi connectivity index (χ1v) is 6.55. The Labute approximate surface area is 107 Å². The zero-order valence-electron chi connectivity index (χ0n) is 10.6. The highest BCUT2D eigenvalue weighted by molar-refractivity contribution is 6.31. The summed E-state index contributed by atoms with van der Waals surface area (Å²) in [4.78, 5) is 0. The van der Waals surface area contributed by atoms with Gasteiger partial charge in [0.1, 0.15) is 0 Å². The fraction of sp³-hybridized carbons (Fsp3) is 0.750. The molecule has 1 fully saturated rings. The number of nitrogens with one attached hydrogen (secondary N) is 1. The molecule has 2 rings (SSSR count). The van der Waals surface area contributed by atoms with Crippen LogP contribution in [0.15, 0.2) is 6.20 Å². The Morgan fingerprint density at radius 1 is 1.71 bits per heavy atom. The number of rotatable bonds is 4. The summed E-state index contributed by atoms with van der Waals surface area (Å²) in [5, 5.41) is 8.40. The monoisotopic (exact) mass is 257 g/mol. The van der Waals surface area contributed by atoms with Gasteiger partial charge in [-0.2, -0.15) is 5.10 Å². The van der Waals surface area contributed by atoms with E-state index >= 15 is 0 Å². The third-order valence-electron chi connectivity index (χ3n) is 3.44. The highest BCUT2D eigenvalue weighted by atomic mass is 35.5. The molecule has 1 aromatic rings. The van der Waals surface area contributed by atoms with Crippen LogP contribution >= 0.6 is 11.6 Å². The van der Waals surface area contributed by atoms with E-state index in [0.29, 0.717) is 12.0 Å². The normalized spacial score (nSPS) is 26.4. The van der Waals surface area contributed by atoms with Crippen LogP contribution in [0.1, 0.15) is 32.0 Å². The van der Waals surface area contributed by atoms with Gasteiger partial charge in [-0.1, -0.05) is 11.6 Å². The lowest BCUT2D eigenvalue weighted by atomic mass is 9.94. The van der Waals surface area contributed by atoms with Gasteiger partial charge in [0.25, 0.3) is 0 Å². The van der Waals surface area contributed by atoms with E-state index < -0.39 is 0 Å². The molecule has 1 saturated heterocycles. The molecule has 0 saturated carbocycles. The topological polar surface area (TPSA) is 39.1 Å². The summed E-state index contributed by atoms with van der Waals surface area (Å²) in [6.45, 7) is 5.82. The molecule has 0 bridgehead atoms. The zero-order chi connectivity index (χ0) is 12.4. The molecule has 1 N–H and O–H groups in total. The fourth-order valence-corrected chi connectivity index (χ4v) is 2.87. The summed E-state index contributed by atoms with van der Waals surface area (Å²) in [5.74, 6) is 0.467. The lowest BCUT2D eigenvalue weighted by Gasteiger charge is -2.23. The van der Waals surface area contributed by atoms with E-state index in [9.17, 15) is 0 Å². The minimum Gasteiger partial charge on any atom is -0.378 e. The van der Waals surface area contributed by atoms with Crippen LogP contribution < -0.4 is 5.32 Å². The first-order valence-electron chi connectivity index (χ1n) is 6.17. The smallest absolute Gasteiger partial charge is 0.0834 e. The highest BCUT2D eigenvalue weighted by Gasteiger charge is 2.32. The number of ether oxygens (including phenoxy) is 1. The van der Waals surface area contributed by atoms with Crippen molar-refractivity contribution in [3.8, 4) is 0 Å². The average Bonchev–Trinajstić information content (AvgIpc) is 2.89. The molecule has 96 valence electrons. The molecule has 1 aliphatic rings. The van der Waals surface area contributed by atoms with Gasteiger partial charge >= 0.3 is 0 Å². The Hall–Kier alpha value is -0.580. The third kappa shape index (κ3) is 2.49. The fourth-order valence-electron chi connectivity index (χ4n) is 2.61. The van der Waals surface area contributed by atoms with Gasteiger partial charge in [-0.25, -0.2) is 0 Å². The van der Waals surface area contributed by atoms with Gasteiger partial charge in [-0.3, -0.25) is 4.68 Å². The van der Waals surface area contributed by atoms with Crippen molar-refractivity contribution in [2.24, 2.45) is 5.92 Å². The van der Waals surface area contributed by atoms with Crippen LogP contribution in [0.2, 0.25) is 5.02 Å². The van der Waals surface area contributed by atoms with E-state index in [2.05, 4.69) is 24.3 Å². The second-order valence-corrected chi connectivity index (χ2v) is 5.01. The number of hydrogen-bond donors (Lipinski definition) is 1. The van der Waals surface area contributed by atoms with Crippen LogP contribution in [0, 0.1) is 5.92 Å². The molecule has 0 radical (unpaired) electrons. The van der Waals surface area contributed by atoms with Gasteiger partial charge in [-0.05, 0) is 27.3 Å². The Morgan fingerprint density at radius 3 is 3.00 bits per heavy atom. The summed E-state index contributed by atoms with van der Waals surface area (Å²) in [6.07, 6.45) is 3.13. The molecule has 1 aromatic heterocycles. The molecular weight excluding hydrogens is 238 g/mol. The Kier molecular flexibility index (Phi) is 4.07. The van der Waals surface area contributed by atoms with Gasteiger partial charge in [0.2, 0.25) is 0 Å². The van der Waals surface area contributed by atoms with E-state index in [-0.39, 0.29) is 6.04 Å². The molecule has 1 aliphatic heterocycles. The van der Waals surface area contributed by atoms with Crippen LogP contribution in [-0.4, -0.2) is 29.5 Å². The van der Waals surface area contributed by atoms with Crippen LogP contribution in [0.4, 0.5) is 0 Å². The van der Waals surface area contributed by atoms with Gasteiger partial charge in [0.05, 0.1) is 35.7 Å². The van der Waals surface area contributed by atoms with E-state index in [4.69, 9.17) is 16.3 Å². The number of hydrogen-bond acceptors (Lipinski definition) is 3. The molecule has 3 unspecified atom stereocenters. The Bertz CT molecular complexity index is 380. The number of aryl methyl sites for hydroxylation is 1. The predicted molar refractivity (Wildman–Crippen MR) is 68.2 cm³/mol.